The molecule has 4 nitrogen and oxygen atoms in total. The van der Waals surface area contributed by atoms with Crippen molar-refractivity contribution in [1.82, 2.24) is 4.31 Å². The summed E-state index contributed by atoms with van der Waals surface area (Å²) >= 11 is 7.66. The molecule has 1 fully saturated rings. The van der Waals surface area contributed by atoms with Crippen LogP contribution in [0.5, 0.6) is 0 Å². The summed E-state index contributed by atoms with van der Waals surface area (Å²) in [5.74, 6) is 0.806. The van der Waals surface area contributed by atoms with Gasteiger partial charge in [0.25, 0.3) is 0 Å². The lowest BCUT2D eigenvalue weighted by molar-refractivity contribution is 0.281. The Morgan fingerprint density at radius 3 is 2.89 bits per heavy atom. The van der Waals surface area contributed by atoms with Crippen molar-refractivity contribution < 1.29 is 13.5 Å². The lowest BCUT2D eigenvalue weighted by Gasteiger charge is -2.29. The maximum Gasteiger partial charge on any atom is 0.243 e. The molecule has 1 saturated heterocycles. The second kappa shape index (κ2) is 6.01. The van der Waals surface area contributed by atoms with Crippen LogP contribution in [0.1, 0.15) is 12.5 Å². The van der Waals surface area contributed by atoms with Gasteiger partial charge in [-0.05, 0) is 23.8 Å². The molecule has 1 aromatic carbocycles. The average molecular weight is 322 g/mol. The highest BCUT2D eigenvalue weighted by molar-refractivity contribution is 8.00. The van der Waals surface area contributed by atoms with Gasteiger partial charge in [0.1, 0.15) is 0 Å². The smallest absolute Gasteiger partial charge is 0.243 e. The molecular weight excluding hydrogens is 306 g/mol. The number of hydrogen-bond donors (Lipinski definition) is 1. The largest absolute Gasteiger partial charge is 0.392 e. The van der Waals surface area contributed by atoms with Crippen LogP contribution < -0.4 is 0 Å². The van der Waals surface area contributed by atoms with E-state index in [1.165, 1.54) is 22.5 Å². The highest BCUT2D eigenvalue weighted by Crippen LogP contribution is 2.26. The molecule has 0 radical (unpaired) electrons. The van der Waals surface area contributed by atoms with Crippen LogP contribution in [0.2, 0.25) is 5.02 Å². The number of benzene rings is 1. The van der Waals surface area contributed by atoms with Crippen molar-refractivity contribution in [1.29, 1.82) is 0 Å². The van der Waals surface area contributed by atoms with Crippen molar-refractivity contribution in [3.8, 4) is 0 Å². The van der Waals surface area contributed by atoms with Gasteiger partial charge in [0.15, 0.2) is 0 Å². The predicted octanol–water partition coefficient (Wildman–Crippen LogP) is 1.96. The molecule has 1 atom stereocenters. The van der Waals surface area contributed by atoms with Gasteiger partial charge in [0, 0.05) is 29.1 Å². The molecule has 1 unspecified atom stereocenters. The van der Waals surface area contributed by atoms with E-state index in [1.807, 2.05) is 6.92 Å². The topological polar surface area (TPSA) is 57.6 Å². The minimum Gasteiger partial charge on any atom is -0.392 e. The van der Waals surface area contributed by atoms with E-state index in [0.717, 1.165) is 5.75 Å². The molecule has 0 bridgehead atoms. The number of thioether (sulfide) groups is 1. The fraction of sp³-hybridized carbons (Fsp3) is 0.500. The average Bonchev–Trinajstić information content (AvgIpc) is 2.39. The molecule has 0 saturated carbocycles. The van der Waals surface area contributed by atoms with Gasteiger partial charge in [-0.25, -0.2) is 8.42 Å². The Morgan fingerprint density at radius 1 is 1.53 bits per heavy atom. The van der Waals surface area contributed by atoms with Crippen molar-refractivity contribution in [2.45, 2.75) is 23.7 Å². The molecule has 106 valence electrons. The van der Waals surface area contributed by atoms with Crippen LogP contribution in [0.3, 0.4) is 0 Å². The zero-order valence-electron chi connectivity index (χ0n) is 10.5. The number of nitrogens with zero attached hydrogens (tertiary/aromatic N) is 1. The highest BCUT2D eigenvalue weighted by atomic mass is 35.5. The summed E-state index contributed by atoms with van der Waals surface area (Å²) in [6.45, 7) is 2.79. The van der Waals surface area contributed by atoms with Crippen LogP contribution in [0.4, 0.5) is 0 Å². The van der Waals surface area contributed by atoms with Crippen LogP contribution in [0.15, 0.2) is 23.1 Å². The summed E-state index contributed by atoms with van der Waals surface area (Å²) in [6.07, 6.45) is 0. The Labute approximate surface area is 122 Å². The van der Waals surface area contributed by atoms with Crippen LogP contribution in [-0.2, 0) is 16.6 Å². The third-order valence-corrected chi connectivity index (χ3v) is 6.40. The normalized spacial score (nSPS) is 21.5. The SMILES string of the molecule is CC1CN(S(=O)(=O)c2ccc(Cl)c(CO)c2)CCS1. The molecular formula is C12H16ClNO3S2. The molecule has 7 heteroatoms. The zero-order valence-corrected chi connectivity index (χ0v) is 12.9. The van der Waals surface area contributed by atoms with Gasteiger partial charge < -0.3 is 5.11 Å². The quantitative estimate of drug-likeness (QED) is 0.924. The van der Waals surface area contributed by atoms with E-state index in [1.54, 1.807) is 11.8 Å². The molecule has 1 heterocycles. The van der Waals surface area contributed by atoms with Gasteiger partial charge in [0.05, 0.1) is 11.5 Å². The number of aliphatic hydroxyl groups is 1. The van der Waals surface area contributed by atoms with E-state index >= 15 is 0 Å². The molecule has 0 aromatic heterocycles. The third-order valence-electron chi connectivity index (χ3n) is 3.03. The lowest BCUT2D eigenvalue weighted by atomic mass is 10.2. The van der Waals surface area contributed by atoms with E-state index in [4.69, 9.17) is 16.7 Å². The van der Waals surface area contributed by atoms with Gasteiger partial charge in [-0.1, -0.05) is 18.5 Å². The standard InChI is InChI=1S/C12H16ClNO3S2/c1-9-7-14(4-5-18-9)19(16,17)11-2-3-12(13)10(6-11)8-15/h2-3,6,9,15H,4-5,7-8H2,1H3. The fourth-order valence-corrected chi connectivity index (χ4v) is 4.97. The second-order valence-corrected chi connectivity index (χ2v) is 8.35. The summed E-state index contributed by atoms with van der Waals surface area (Å²) in [7, 11) is -3.49. The van der Waals surface area contributed by atoms with Gasteiger partial charge in [0.2, 0.25) is 10.0 Å². The summed E-state index contributed by atoms with van der Waals surface area (Å²) in [5, 5.41) is 9.84. The van der Waals surface area contributed by atoms with Gasteiger partial charge >= 0.3 is 0 Å². The van der Waals surface area contributed by atoms with Crippen LogP contribution in [0, 0.1) is 0 Å². The first-order valence-electron chi connectivity index (χ1n) is 5.96. The molecule has 0 spiro atoms. The third kappa shape index (κ3) is 3.25. The number of aliphatic hydroxyl groups excluding tert-OH is 1. The Hall–Kier alpha value is -0.270. The summed E-state index contributed by atoms with van der Waals surface area (Å²) in [6, 6.07) is 4.45. The summed E-state index contributed by atoms with van der Waals surface area (Å²) in [5.41, 5.74) is 0.433. The van der Waals surface area contributed by atoms with E-state index in [0.29, 0.717) is 28.9 Å². The van der Waals surface area contributed by atoms with E-state index in [2.05, 4.69) is 0 Å². The van der Waals surface area contributed by atoms with Gasteiger partial charge in [-0.2, -0.15) is 16.1 Å². The van der Waals surface area contributed by atoms with Crippen molar-refractivity contribution in [3.05, 3.63) is 28.8 Å². The minimum absolute atomic E-state index is 0.194. The molecule has 2 rings (SSSR count). The molecule has 1 aliphatic heterocycles. The van der Waals surface area contributed by atoms with Crippen molar-refractivity contribution in [2.75, 3.05) is 18.8 Å². The number of halogens is 1. The van der Waals surface area contributed by atoms with Gasteiger partial charge in [-0.3, -0.25) is 0 Å². The van der Waals surface area contributed by atoms with Crippen LogP contribution >= 0.6 is 23.4 Å². The Balaban J connectivity index is 2.33. The first kappa shape index (κ1) is 15.1. The minimum atomic E-state index is -3.49. The molecule has 1 aliphatic rings. The van der Waals surface area contributed by atoms with E-state index < -0.39 is 10.0 Å². The predicted molar refractivity (Wildman–Crippen MR) is 78.1 cm³/mol. The van der Waals surface area contributed by atoms with Gasteiger partial charge in [-0.15, -0.1) is 0 Å². The summed E-state index contributed by atoms with van der Waals surface area (Å²) < 4.78 is 26.5. The number of hydrogen-bond acceptors (Lipinski definition) is 4. The first-order valence-corrected chi connectivity index (χ1v) is 8.83. The van der Waals surface area contributed by atoms with Crippen LogP contribution in [-0.4, -0.2) is 41.9 Å². The number of sulfonamides is 1. The first-order chi connectivity index (χ1) is 8.95. The molecule has 1 N–H and O–H groups in total. The van der Waals surface area contributed by atoms with Crippen LogP contribution in [0.25, 0.3) is 0 Å². The zero-order chi connectivity index (χ0) is 14.0. The van der Waals surface area contributed by atoms with Crippen molar-refractivity contribution in [2.24, 2.45) is 0 Å². The summed E-state index contributed by atoms with van der Waals surface area (Å²) in [4.78, 5) is 0.194. The van der Waals surface area contributed by atoms with Crippen molar-refractivity contribution >= 4 is 33.4 Å². The highest BCUT2D eigenvalue weighted by Gasteiger charge is 2.29. The fourth-order valence-electron chi connectivity index (χ4n) is 1.99. The molecule has 19 heavy (non-hydrogen) atoms. The maximum absolute atomic E-state index is 12.5. The van der Waals surface area contributed by atoms with Crippen molar-refractivity contribution in [3.63, 3.8) is 0 Å². The lowest BCUT2D eigenvalue weighted by Crippen LogP contribution is -2.40. The Kier molecular flexibility index (Phi) is 4.79. The maximum atomic E-state index is 12.5. The van der Waals surface area contributed by atoms with E-state index in [-0.39, 0.29) is 11.5 Å². The molecule has 0 amide bonds. The van der Waals surface area contributed by atoms with E-state index in [9.17, 15) is 8.42 Å². The number of rotatable bonds is 3. The monoisotopic (exact) mass is 321 g/mol. The Morgan fingerprint density at radius 2 is 2.26 bits per heavy atom. The Bertz CT molecular complexity index is 562. The second-order valence-electron chi connectivity index (χ2n) is 4.46. The molecule has 1 aromatic rings. The molecule has 0 aliphatic carbocycles.